The highest BCUT2D eigenvalue weighted by molar-refractivity contribution is 9.10. The Hall–Kier alpha value is -2.66. The topological polar surface area (TPSA) is 54.0 Å². The van der Waals surface area contributed by atoms with Crippen LogP contribution >= 0.6 is 15.9 Å². The van der Waals surface area contributed by atoms with Gasteiger partial charge in [0.25, 0.3) is 5.91 Å². The lowest BCUT2D eigenvalue weighted by atomic mass is 10.1. The Morgan fingerprint density at radius 3 is 2.48 bits per heavy atom. The Balaban J connectivity index is 1.77. The molecule has 0 unspecified atom stereocenters. The predicted octanol–water partition coefficient (Wildman–Crippen LogP) is 5.46. The molecule has 4 nitrogen and oxygen atoms in total. The summed E-state index contributed by atoms with van der Waals surface area (Å²) in [7, 11) is 0. The maximum Gasteiger partial charge on any atom is 0.257 e. The van der Waals surface area contributed by atoms with Crippen LogP contribution < -0.4 is 10.6 Å². The Labute approximate surface area is 155 Å². The number of anilines is 3. The number of pyridine rings is 1. The number of rotatable bonds is 4. The minimum atomic E-state index is -0.180. The number of amides is 1. The molecule has 0 aliphatic heterocycles. The first-order chi connectivity index (χ1) is 12.0. The highest BCUT2D eigenvalue weighted by atomic mass is 79.9. The average Bonchev–Trinajstić information content (AvgIpc) is 2.60. The highest BCUT2D eigenvalue weighted by Crippen LogP contribution is 2.21. The summed E-state index contributed by atoms with van der Waals surface area (Å²) in [5.41, 5.74) is 5.13. The number of hydrogen-bond donors (Lipinski definition) is 2. The van der Waals surface area contributed by atoms with E-state index >= 15 is 0 Å². The van der Waals surface area contributed by atoms with Crippen LogP contribution in [0.1, 0.15) is 21.5 Å². The van der Waals surface area contributed by atoms with E-state index in [9.17, 15) is 4.79 Å². The van der Waals surface area contributed by atoms with Gasteiger partial charge in [-0.3, -0.25) is 9.78 Å². The van der Waals surface area contributed by atoms with E-state index < -0.39 is 0 Å². The van der Waals surface area contributed by atoms with Gasteiger partial charge in [-0.1, -0.05) is 28.1 Å². The Bertz CT molecular complexity index is 907. The normalized spacial score (nSPS) is 10.4. The third-order valence-corrected chi connectivity index (χ3v) is 4.30. The van der Waals surface area contributed by atoms with Crippen LogP contribution in [0.4, 0.5) is 17.1 Å². The molecule has 1 aromatic heterocycles. The van der Waals surface area contributed by atoms with Gasteiger partial charge in [0.15, 0.2) is 0 Å². The Kier molecular flexibility index (Phi) is 5.14. The second-order valence-corrected chi connectivity index (χ2v) is 6.78. The van der Waals surface area contributed by atoms with Crippen molar-refractivity contribution in [3.05, 3.63) is 82.1 Å². The first kappa shape index (κ1) is 17.2. The van der Waals surface area contributed by atoms with Crippen molar-refractivity contribution < 1.29 is 4.79 Å². The summed E-state index contributed by atoms with van der Waals surface area (Å²) in [5, 5.41) is 6.20. The molecule has 0 spiro atoms. The maximum absolute atomic E-state index is 12.5. The number of hydrogen-bond acceptors (Lipinski definition) is 3. The second kappa shape index (κ2) is 7.49. The fraction of sp³-hybridized carbons (Fsp3) is 0.100. The summed E-state index contributed by atoms with van der Waals surface area (Å²) in [6, 6.07) is 15.6. The van der Waals surface area contributed by atoms with Crippen molar-refractivity contribution in [3.8, 4) is 0 Å². The number of carbonyl (C=O) groups excluding carboxylic acids is 1. The van der Waals surface area contributed by atoms with Crippen molar-refractivity contribution in [2.75, 3.05) is 10.6 Å². The lowest BCUT2D eigenvalue weighted by molar-refractivity contribution is 0.102. The first-order valence-corrected chi connectivity index (χ1v) is 8.67. The predicted molar refractivity (Wildman–Crippen MR) is 106 cm³/mol. The molecule has 3 rings (SSSR count). The van der Waals surface area contributed by atoms with Crippen LogP contribution in [0.5, 0.6) is 0 Å². The van der Waals surface area contributed by atoms with Crippen molar-refractivity contribution in [1.29, 1.82) is 0 Å². The molecule has 0 aliphatic carbocycles. The lowest BCUT2D eigenvalue weighted by Gasteiger charge is -2.11. The van der Waals surface area contributed by atoms with Gasteiger partial charge in [0.2, 0.25) is 0 Å². The number of carbonyl (C=O) groups is 1. The van der Waals surface area contributed by atoms with Crippen LogP contribution in [0.15, 0.2) is 65.4 Å². The van der Waals surface area contributed by atoms with Crippen molar-refractivity contribution in [2.45, 2.75) is 13.8 Å². The van der Waals surface area contributed by atoms with Crippen LogP contribution in [0.2, 0.25) is 0 Å². The van der Waals surface area contributed by atoms with Crippen LogP contribution in [-0.2, 0) is 0 Å². The molecule has 1 heterocycles. The van der Waals surface area contributed by atoms with E-state index in [0.29, 0.717) is 5.56 Å². The molecule has 0 saturated carbocycles. The summed E-state index contributed by atoms with van der Waals surface area (Å²) in [6.45, 7) is 3.97. The number of nitrogens with zero attached hydrogens (tertiary/aromatic N) is 1. The fourth-order valence-corrected chi connectivity index (χ4v) is 2.66. The number of benzene rings is 2. The molecule has 5 heteroatoms. The van der Waals surface area contributed by atoms with E-state index in [1.165, 1.54) is 0 Å². The molecule has 3 aromatic rings. The molecular weight excluding hydrogens is 378 g/mol. The summed E-state index contributed by atoms with van der Waals surface area (Å²) in [5.74, 6) is -0.180. The Morgan fingerprint density at radius 1 is 0.960 bits per heavy atom. The quantitative estimate of drug-likeness (QED) is 0.616. The zero-order valence-electron chi connectivity index (χ0n) is 14.0. The van der Waals surface area contributed by atoms with E-state index in [-0.39, 0.29) is 5.91 Å². The molecule has 0 radical (unpaired) electrons. The maximum atomic E-state index is 12.5. The number of nitrogens with one attached hydrogen (secondary N) is 2. The first-order valence-electron chi connectivity index (χ1n) is 7.87. The van der Waals surface area contributed by atoms with Crippen molar-refractivity contribution in [3.63, 3.8) is 0 Å². The second-order valence-electron chi connectivity index (χ2n) is 5.87. The summed E-state index contributed by atoms with van der Waals surface area (Å²) in [6.07, 6.45) is 3.25. The van der Waals surface area contributed by atoms with Crippen molar-refractivity contribution in [1.82, 2.24) is 4.98 Å². The van der Waals surface area contributed by atoms with Gasteiger partial charge in [-0.2, -0.15) is 0 Å². The van der Waals surface area contributed by atoms with Gasteiger partial charge in [-0.25, -0.2) is 0 Å². The fourth-order valence-electron chi connectivity index (χ4n) is 2.40. The number of aryl methyl sites for hydroxylation is 2. The van der Waals surface area contributed by atoms with Crippen LogP contribution in [0.25, 0.3) is 0 Å². The standard InChI is InChI=1S/C20H18BrN3O/c1-13-3-4-14(2)19(9-13)24-20(25)15-10-18(12-22-11-15)23-17-7-5-16(21)6-8-17/h3-12,23H,1-2H3,(H,24,25). The molecule has 0 atom stereocenters. The molecule has 0 bridgehead atoms. The van der Waals surface area contributed by atoms with Gasteiger partial charge in [0.1, 0.15) is 0 Å². The van der Waals surface area contributed by atoms with Gasteiger partial charge < -0.3 is 10.6 Å². The van der Waals surface area contributed by atoms with E-state index in [1.54, 1.807) is 18.5 Å². The van der Waals surface area contributed by atoms with Crippen LogP contribution in [0.3, 0.4) is 0 Å². The summed E-state index contributed by atoms with van der Waals surface area (Å²) >= 11 is 3.41. The largest absolute Gasteiger partial charge is 0.354 e. The average molecular weight is 396 g/mol. The van der Waals surface area contributed by atoms with Crippen LogP contribution in [-0.4, -0.2) is 10.9 Å². The lowest BCUT2D eigenvalue weighted by Crippen LogP contribution is -2.13. The molecule has 126 valence electrons. The SMILES string of the molecule is Cc1ccc(C)c(NC(=O)c2cncc(Nc3ccc(Br)cc3)c2)c1. The molecule has 1 amide bonds. The van der Waals surface area contributed by atoms with Gasteiger partial charge in [0.05, 0.1) is 17.4 Å². The Morgan fingerprint density at radius 2 is 1.72 bits per heavy atom. The summed E-state index contributed by atoms with van der Waals surface area (Å²) in [4.78, 5) is 16.7. The highest BCUT2D eigenvalue weighted by Gasteiger charge is 2.09. The third-order valence-electron chi connectivity index (χ3n) is 3.77. The molecule has 25 heavy (non-hydrogen) atoms. The minimum Gasteiger partial charge on any atom is -0.354 e. The van der Waals surface area contributed by atoms with E-state index in [0.717, 1.165) is 32.7 Å². The summed E-state index contributed by atoms with van der Waals surface area (Å²) < 4.78 is 1.01. The molecule has 2 N–H and O–H groups in total. The van der Waals surface area contributed by atoms with Gasteiger partial charge in [-0.15, -0.1) is 0 Å². The van der Waals surface area contributed by atoms with Gasteiger partial charge in [0, 0.05) is 22.0 Å². The minimum absolute atomic E-state index is 0.180. The smallest absolute Gasteiger partial charge is 0.257 e. The third kappa shape index (κ3) is 4.45. The van der Waals surface area contributed by atoms with Crippen molar-refractivity contribution in [2.24, 2.45) is 0 Å². The van der Waals surface area contributed by atoms with Crippen LogP contribution in [0, 0.1) is 13.8 Å². The molecular formula is C20H18BrN3O. The molecule has 0 saturated heterocycles. The van der Waals surface area contributed by atoms with Gasteiger partial charge >= 0.3 is 0 Å². The molecule has 0 fully saturated rings. The molecule has 2 aromatic carbocycles. The number of halogens is 1. The van der Waals surface area contributed by atoms with Crippen molar-refractivity contribution >= 4 is 38.9 Å². The van der Waals surface area contributed by atoms with E-state index in [4.69, 9.17) is 0 Å². The monoisotopic (exact) mass is 395 g/mol. The zero-order chi connectivity index (χ0) is 17.8. The number of aromatic nitrogens is 1. The molecule has 0 aliphatic rings. The van der Waals surface area contributed by atoms with E-state index in [1.807, 2.05) is 56.3 Å². The zero-order valence-corrected chi connectivity index (χ0v) is 15.6. The van der Waals surface area contributed by atoms with Gasteiger partial charge in [-0.05, 0) is 61.4 Å². The van der Waals surface area contributed by atoms with E-state index in [2.05, 4.69) is 31.5 Å².